The summed E-state index contributed by atoms with van der Waals surface area (Å²) in [6.07, 6.45) is 0. The zero-order chi connectivity index (χ0) is 12.3. The average Bonchev–Trinajstić information content (AvgIpc) is 2.81. The molecule has 0 saturated heterocycles. The van der Waals surface area contributed by atoms with Crippen molar-refractivity contribution in [2.24, 2.45) is 0 Å². The standard InChI is InChI=1S/C11H11F2N3S/c1-14-10-8(12)5-9(13)11(16-10)15-6-7-3-2-4-17-7/h2-5H,6H2,1H3,(H2,14,15,16). The molecule has 3 nitrogen and oxygen atoms in total. The Kier molecular flexibility index (Phi) is 3.53. The monoisotopic (exact) mass is 255 g/mol. The molecule has 2 heterocycles. The van der Waals surface area contributed by atoms with Crippen molar-refractivity contribution >= 4 is 23.0 Å². The first kappa shape index (κ1) is 11.8. The maximum atomic E-state index is 13.4. The SMILES string of the molecule is CNc1nc(NCc2cccs2)c(F)cc1F. The van der Waals surface area contributed by atoms with Crippen molar-refractivity contribution in [3.05, 3.63) is 40.1 Å². The zero-order valence-corrected chi connectivity index (χ0v) is 9.94. The molecule has 2 N–H and O–H groups in total. The van der Waals surface area contributed by atoms with Gasteiger partial charge in [-0.15, -0.1) is 11.3 Å². The van der Waals surface area contributed by atoms with Crippen molar-refractivity contribution in [1.82, 2.24) is 4.98 Å². The third-order valence-corrected chi connectivity index (χ3v) is 3.05. The van der Waals surface area contributed by atoms with Crippen LogP contribution in [0.4, 0.5) is 20.4 Å². The van der Waals surface area contributed by atoms with Gasteiger partial charge in [-0.25, -0.2) is 13.8 Å². The zero-order valence-electron chi connectivity index (χ0n) is 9.13. The molecule has 90 valence electrons. The number of hydrogen-bond donors (Lipinski definition) is 2. The molecule has 0 aliphatic carbocycles. The van der Waals surface area contributed by atoms with Crippen LogP contribution in [-0.2, 0) is 6.54 Å². The van der Waals surface area contributed by atoms with E-state index in [4.69, 9.17) is 0 Å². The van der Waals surface area contributed by atoms with Crippen molar-refractivity contribution in [2.75, 3.05) is 17.7 Å². The Hall–Kier alpha value is -1.69. The Morgan fingerprint density at radius 3 is 2.71 bits per heavy atom. The lowest BCUT2D eigenvalue weighted by Gasteiger charge is -2.08. The molecular formula is C11H11F2N3S. The van der Waals surface area contributed by atoms with E-state index in [0.29, 0.717) is 6.54 Å². The van der Waals surface area contributed by atoms with Crippen LogP contribution in [0.15, 0.2) is 23.6 Å². The van der Waals surface area contributed by atoms with Crippen molar-refractivity contribution in [3.63, 3.8) is 0 Å². The van der Waals surface area contributed by atoms with E-state index in [1.807, 2.05) is 17.5 Å². The fourth-order valence-corrected chi connectivity index (χ4v) is 1.99. The summed E-state index contributed by atoms with van der Waals surface area (Å²) in [5, 5.41) is 7.34. The van der Waals surface area contributed by atoms with E-state index in [-0.39, 0.29) is 11.6 Å². The molecule has 0 fully saturated rings. The Balaban J connectivity index is 2.15. The Bertz CT molecular complexity index is 500. The number of pyridine rings is 1. The molecule has 6 heteroatoms. The first-order valence-corrected chi connectivity index (χ1v) is 5.88. The van der Waals surface area contributed by atoms with E-state index >= 15 is 0 Å². The number of thiophene rings is 1. The van der Waals surface area contributed by atoms with E-state index < -0.39 is 11.6 Å². The minimum Gasteiger partial charge on any atom is -0.371 e. The van der Waals surface area contributed by atoms with Crippen molar-refractivity contribution in [3.8, 4) is 0 Å². The number of hydrogen-bond acceptors (Lipinski definition) is 4. The molecule has 0 aromatic carbocycles. The molecule has 0 aliphatic rings. The van der Waals surface area contributed by atoms with Crippen molar-refractivity contribution < 1.29 is 8.78 Å². The molecule has 0 atom stereocenters. The fourth-order valence-electron chi connectivity index (χ4n) is 1.35. The van der Waals surface area contributed by atoms with Gasteiger partial charge >= 0.3 is 0 Å². The van der Waals surface area contributed by atoms with Crippen LogP contribution in [0.2, 0.25) is 0 Å². The minimum absolute atomic E-state index is 0.0279. The first-order valence-electron chi connectivity index (χ1n) is 5.00. The second-order valence-electron chi connectivity index (χ2n) is 3.33. The molecule has 0 radical (unpaired) electrons. The Labute approximate surface area is 102 Å². The van der Waals surface area contributed by atoms with E-state index in [1.165, 1.54) is 7.05 Å². The summed E-state index contributed by atoms with van der Waals surface area (Å²) in [6, 6.07) is 4.66. The number of anilines is 2. The Morgan fingerprint density at radius 1 is 1.29 bits per heavy atom. The minimum atomic E-state index is -0.702. The van der Waals surface area contributed by atoms with Crippen LogP contribution >= 0.6 is 11.3 Å². The number of halogens is 2. The van der Waals surface area contributed by atoms with Gasteiger partial charge in [0.15, 0.2) is 23.3 Å². The van der Waals surface area contributed by atoms with E-state index in [0.717, 1.165) is 10.9 Å². The summed E-state index contributed by atoms with van der Waals surface area (Å²) >= 11 is 1.56. The molecule has 0 saturated carbocycles. The van der Waals surface area contributed by atoms with Gasteiger partial charge < -0.3 is 10.6 Å². The molecule has 0 bridgehead atoms. The number of nitrogens with zero attached hydrogens (tertiary/aromatic N) is 1. The van der Waals surface area contributed by atoms with Crippen LogP contribution in [0, 0.1) is 11.6 Å². The van der Waals surface area contributed by atoms with Crippen molar-refractivity contribution in [1.29, 1.82) is 0 Å². The van der Waals surface area contributed by atoms with Gasteiger partial charge in [-0.3, -0.25) is 0 Å². The lowest BCUT2D eigenvalue weighted by molar-refractivity contribution is 0.579. The van der Waals surface area contributed by atoms with Crippen molar-refractivity contribution in [2.45, 2.75) is 6.54 Å². The summed E-state index contributed by atoms with van der Waals surface area (Å²) < 4.78 is 26.6. The van der Waals surface area contributed by atoms with E-state index in [1.54, 1.807) is 11.3 Å². The molecule has 0 aliphatic heterocycles. The average molecular weight is 255 g/mol. The highest BCUT2D eigenvalue weighted by Gasteiger charge is 2.10. The lowest BCUT2D eigenvalue weighted by atomic mass is 10.4. The number of rotatable bonds is 4. The second-order valence-corrected chi connectivity index (χ2v) is 4.36. The smallest absolute Gasteiger partial charge is 0.168 e. The molecular weight excluding hydrogens is 244 g/mol. The van der Waals surface area contributed by atoms with Gasteiger partial charge in [0.1, 0.15) is 0 Å². The van der Waals surface area contributed by atoms with Gasteiger partial charge in [0.05, 0.1) is 6.54 Å². The highest BCUT2D eigenvalue weighted by Crippen LogP contribution is 2.19. The largest absolute Gasteiger partial charge is 0.371 e. The maximum absolute atomic E-state index is 13.4. The second kappa shape index (κ2) is 5.09. The third kappa shape index (κ3) is 2.71. The van der Waals surface area contributed by atoms with Gasteiger partial charge in [-0.05, 0) is 11.4 Å². The molecule has 2 aromatic rings. The van der Waals surface area contributed by atoms with Gasteiger partial charge in [0.25, 0.3) is 0 Å². The summed E-state index contributed by atoms with van der Waals surface area (Å²) in [5.74, 6) is -1.33. The lowest BCUT2D eigenvalue weighted by Crippen LogP contribution is -2.06. The van der Waals surface area contributed by atoms with E-state index in [9.17, 15) is 8.78 Å². The van der Waals surface area contributed by atoms with Gasteiger partial charge in [0.2, 0.25) is 0 Å². The summed E-state index contributed by atoms with van der Waals surface area (Å²) in [6.45, 7) is 0.469. The van der Waals surface area contributed by atoms with Crippen LogP contribution < -0.4 is 10.6 Å². The van der Waals surface area contributed by atoms with Gasteiger partial charge in [-0.2, -0.15) is 0 Å². The third-order valence-electron chi connectivity index (χ3n) is 2.18. The predicted molar refractivity (Wildman–Crippen MR) is 65.3 cm³/mol. The quantitative estimate of drug-likeness (QED) is 0.881. The Morgan fingerprint density at radius 2 is 2.06 bits per heavy atom. The van der Waals surface area contributed by atoms with Gasteiger partial charge in [0, 0.05) is 18.0 Å². The van der Waals surface area contributed by atoms with Crippen LogP contribution in [-0.4, -0.2) is 12.0 Å². The summed E-state index contributed by atoms with van der Waals surface area (Å²) in [7, 11) is 1.53. The molecule has 0 spiro atoms. The first-order chi connectivity index (χ1) is 8.20. The number of aromatic nitrogens is 1. The molecule has 17 heavy (non-hydrogen) atoms. The van der Waals surface area contributed by atoms with Crippen LogP contribution in [0.3, 0.4) is 0 Å². The molecule has 2 aromatic heterocycles. The highest BCUT2D eigenvalue weighted by molar-refractivity contribution is 7.09. The van der Waals surface area contributed by atoms with Gasteiger partial charge in [-0.1, -0.05) is 6.07 Å². The maximum Gasteiger partial charge on any atom is 0.168 e. The molecule has 0 unspecified atom stereocenters. The summed E-state index contributed by atoms with van der Waals surface area (Å²) in [5.41, 5.74) is 0. The molecule has 2 rings (SSSR count). The fraction of sp³-hybridized carbons (Fsp3) is 0.182. The topological polar surface area (TPSA) is 37.0 Å². The van der Waals surface area contributed by atoms with Crippen LogP contribution in [0.5, 0.6) is 0 Å². The van der Waals surface area contributed by atoms with Crippen LogP contribution in [0.1, 0.15) is 4.88 Å². The van der Waals surface area contributed by atoms with Crippen LogP contribution in [0.25, 0.3) is 0 Å². The predicted octanol–water partition coefficient (Wildman–Crippen LogP) is 3.08. The highest BCUT2D eigenvalue weighted by atomic mass is 32.1. The normalized spacial score (nSPS) is 10.3. The number of nitrogens with one attached hydrogen (secondary N) is 2. The van der Waals surface area contributed by atoms with E-state index in [2.05, 4.69) is 15.6 Å². The summed E-state index contributed by atoms with van der Waals surface area (Å²) in [4.78, 5) is 4.88. The molecule has 0 amide bonds.